The summed E-state index contributed by atoms with van der Waals surface area (Å²) in [4.78, 5) is 22.0. The Bertz CT molecular complexity index is 1170. The van der Waals surface area contributed by atoms with Crippen molar-refractivity contribution in [1.29, 1.82) is 0 Å². The highest BCUT2D eigenvalue weighted by Gasteiger charge is 2.45. The van der Waals surface area contributed by atoms with E-state index < -0.39 is 0 Å². The molecular weight excluding hydrogens is 460 g/mol. The van der Waals surface area contributed by atoms with Crippen LogP contribution in [-0.4, -0.2) is 34.6 Å². The van der Waals surface area contributed by atoms with Crippen LogP contribution in [0.15, 0.2) is 22.4 Å². The molecule has 5 aliphatic carbocycles. The van der Waals surface area contributed by atoms with Crippen LogP contribution in [0.4, 0.5) is 0 Å². The van der Waals surface area contributed by atoms with Gasteiger partial charge in [-0.2, -0.15) is 0 Å². The van der Waals surface area contributed by atoms with Crippen LogP contribution in [-0.2, 0) is 48.2 Å². The molecule has 7 rings (SSSR count). The van der Waals surface area contributed by atoms with E-state index in [1.165, 1.54) is 72.2 Å². The Kier molecular flexibility index (Phi) is 6.22. The first-order valence-electron chi connectivity index (χ1n) is 14.7. The van der Waals surface area contributed by atoms with Crippen LogP contribution < -0.4 is 0 Å². The Morgan fingerprint density at radius 2 is 1.03 bits per heavy atom. The molecule has 0 amide bonds. The average molecular weight is 499 g/mol. The SMILES string of the molecule is c1c2c(nc3c1CCCC3=NOCC1(CON=C3CCCc4cc5c(nc43)CCCC5)CC1)CCCC2. The molecular formula is C31H38N4O2. The fourth-order valence-corrected chi connectivity index (χ4v) is 6.55. The lowest BCUT2D eigenvalue weighted by molar-refractivity contribution is 0.0316. The maximum absolute atomic E-state index is 5.97. The number of aryl methyl sites for hydroxylation is 6. The third-order valence-electron chi connectivity index (χ3n) is 9.07. The number of hydrogen-bond acceptors (Lipinski definition) is 6. The first-order chi connectivity index (χ1) is 18.3. The molecule has 0 N–H and O–H groups in total. The van der Waals surface area contributed by atoms with E-state index in [1.807, 2.05) is 0 Å². The van der Waals surface area contributed by atoms with E-state index in [0.29, 0.717) is 13.2 Å². The van der Waals surface area contributed by atoms with Gasteiger partial charge >= 0.3 is 0 Å². The summed E-state index contributed by atoms with van der Waals surface area (Å²) in [5.74, 6) is 0. The zero-order valence-corrected chi connectivity index (χ0v) is 22.0. The van der Waals surface area contributed by atoms with E-state index in [9.17, 15) is 0 Å². The Hall–Kier alpha value is -2.76. The number of pyridine rings is 2. The Labute approximate surface area is 219 Å². The molecule has 1 saturated carbocycles. The molecule has 0 unspecified atom stereocenters. The second-order valence-electron chi connectivity index (χ2n) is 11.9. The van der Waals surface area contributed by atoms with Crippen molar-refractivity contribution >= 4 is 11.4 Å². The lowest BCUT2D eigenvalue weighted by Crippen LogP contribution is -2.21. The van der Waals surface area contributed by atoms with E-state index in [2.05, 4.69) is 22.4 Å². The van der Waals surface area contributed by atoms with Gasteiger partial charge in [0.15, 0.2) is 0 Å². The summed E-state index contributed by atoms with van der Waals surface area (Å²) in [5.41, 5.74) is 12.5. The molecule has 2 aromatic heterocycles. The third-order valence-corrected chi connectivity index (χ3v) is 9.07. The Balaban J connectivity index is 0.996. The standard InChI is InChI=1S/C31H38N4O2/c1-3-11-25-21(7-1)17-23-9-5-13-27(29(23)32-25)34-36-19-31(15-16-31)20-37-35-28-14-6-10-24-18-22-8-2-4-12-26(22)33-30(24)28/h17-18H,1-16,19-20H2. The predicted molar refractivity (Wildman–Crippen MR) is 144 cm³/mol. The largest absolute Gasteiger partial charge is 0.395 e. The van der Waals surface area contributed by atoms with E-state index in [1.54, 1.807) is 0 Å². The molecule has 0 radical (unpaired) electrons. The van der Waals surface area contributed by atoms with Crippen molar-refractivity contribution in [1.82, 2.24) is 9.97 Å². The predicted octanol–water partition coefficient (Wildman–Crippen LogP) is 5.83. The van der Waals surface area contributed by atoms with Crippen molar-refractivity contribution in [3.8, 4) is 0 Å². The van der Waals surface area contributed by atoms with Gasteiger partial charge in [0.25, 0.3) is 0 Å². The highest BCUT2D eigenvalue weighted by atomic mass is 16.6. The summed E-state index contributed by atoms with van der Waals surface area (Å²) in [7, 11) is 0. The highest BCUT2D eigenvalue weighted by molar-refractivity contribution is 6.01. The van der Waals surface area contributed by atoms with Crippen molar-refractivity contribution in [2.45, 2.75) is 103 Å². The van der Waals surface area contributed by atoms with Crippen molar-refractivity contribution in [2.75, 3.05) is 13.2 Å². The average Bonchev–Trinajstić information content (AvgIpc) is 3.71. The van der Waals surface area contributed by atoms with Crippen LogP contribution in [0, 0.1) is 5.41 Å². The summed E-state index contributed by atoms with van der Waals surface area (Å²) < 4.78 is 0. The molecule has 0 aliphatic heterocycles. The van der Waals surface area contributed by atoms with Crippen LogP contribution in [0.2, 0.25) is 0 Å². The summed E-state index contributed by atoms with van der Waals surface area (Å²) in [5, 5.41) is 9.24. The number of fused-ring (bicyclic) bond motifs is 4. The van der Waals surface area contributed by atoms with E-state index in [0.717, 1.165) is 87.0 Å². The zero-order valence-electron chi connectivity index (χ0n) is 22.0. The molecule has 0 atom stereocenters. The van der Waals surface area contributed by atoms with Crippen LogP contribution in [0.3, 0.4) is 0 Å². The second-order valence-corrected chi connectivity index (χ2v) is 11.9. The molecule has 0 spiro atoms. The fourth-order valence-electron chi connectivity index (χ4n) is 6.55. The van der Waals surface area contributed by atoms with E-state index >= 15 is 0 Å². The minimum Gasteiger partial charge on any atom is -0.395 e. The lowest BCUT2D eigenvalue weighted by atomic mass is 9.88. The second kappa shape index (κ2) is 9.85. The molecule has 5 aliphatic rings. The first kappa shape index (κ1) is 23.4. The topological polar surface area (TPSA) is 69.0 Å². The molecule has 0 bridgehead atoms. The van der Waals surface area contributed by atoms with Crippen LogP contribution in [0.25, 0.3) is 0 Å². The van der Waals surface area contributed by atoms with Gasteiger partial charge < -0.3 is 9.68 Å². The van der Waals surface area contributed by atoms with Crippen molar-refractivity contribution in [3.05, 3.63) is 57.2 Å². The third kappa shape index (κ3) is 4.80. The molecule has 2 aromatic rings. The molecule has 37 heavy (non-hydrogen) atoms. The smallest absolute Gasteiger partial charge is 0.126 e. The molecule has 0 saturated heterocycles. The number of oxime groups is 2. The quantitative estimate of drug-likeness (QED) is 0.470. The highest BCUT2D eigenvalue weighted by Crippen LogP contribution is 2.46. The van der Waals surface area contributed by atoms with Crippen molar-refractivity contribution < 1.29 is 9.68 Å². The monoisotopic (exact) mass is 498 g/mol. The van der Waals surface area contributed by atoms with Gasteiger partial charge in [-0.25, -0.2) is 0 Å². The fraction of sp³-hybridized carbons (Fsp3) is 0.613. The summed E-state index contributed by atoms with van der Waals surface area (Å²) >= 11 is 0. The molecule has 6 heteroatoms. The van der Waals surface area contributed by atoms with Gasteiger partial charge in [0.1, 0.15) is 24.6 Å². The molecule has 1 fully saturated rings. The minimum atomic E-state index is 0.0374. The molecule has 6 nitrogen and oxygen atoms in total. The van der Waals surface area contributed by atoms with Crippen molar-refractivity contribution in [2.24, 2.45) is 15.7 Å². The number of aromatic nitrogens is 2. The Morgan fingerprint density at radius 1 is 0.568 bits per heavy atom. The maximum Gasteiger partial charge on any atom is 0.126 e. The van der Waals surface area contributed by atoms with E-state index in [-0.39, 0.29) is 5.41 Å². The molecule has 2 heterocycles. The summed E-state index contributed by atoms with van der Waals surface area (Å²) in [6, 6.07) is 4.80. The normalized spacial score (nSPS) is 23.6. The van der Waals surface area contributed by atoms with Gasteiger partial charge in [-0.15, -0.1) is 0 Å². The Morgan fingerprint density at radius 3 is 1.51 bits per heavy atom. The molecule has 194 valence electrons. The number of hydrogen-bond donors (Lipinski definition) is 0. The molecule has 0 aromatic carbocycles. The minimum absolute atomic E-state index is 0.0374. The van der Waals surface area contributed by atoms with Gasteiger partial charge in [0.05, 0.1) is 11.4 Å². The number of rotatable bonds is 6. The van der Waals surface area contributed by atoms with Crippen LogP contribution in [0.1, 0.15) is 109 Å². The first-order valence-corrected chi connectivity index (χ1v) is 14.7. The van der Waals surface area contributed by atoms with Gasteiger partial charge in [-0.05, 0) is 125 Å². The van der Waals surface area contributed by atoms with Gasteiger partial charge in [-0.1, -0.05) is 22.4 Å². The van der Waals surface area contributed by atoms with E-state index in [4.69, 9.17) is 19.6 Å². The van der Waals surface area contributed by atoms with Crippen LogP contribution >= 0.6 is 0 Å². The van der Waals surface area contributed by atoms with Gasteiger partial charge in [0, 0.05) is 16.8 Å². The van der Waals surface area contributed by atoms with Crippen molar-refractivity contribution in [3.63, 3.8) is 0 Å². The van der Waals surface area contributed by atoms with Crippen LogP contribution in [0.5, 0.6) is 0 Å². The van der Waals surface area contributed by atoms with Gasteiger partial charge in [0.2, 0.25) is 0 Å². The maximum atomic E-state index is 5.97. The number of nitrogens with zero attached hydrogens (tertiary/aromatic N) is 4. The summed E-state index contributed by atoms with van der Waals surface area (Å²) in [6.07, 6.45) is 18.2. The zero-order chi connectivity index (χ0) is 24.7. The lowest BCUT2D eigenvalue weighted by Gasteiger charge is -2.23. The summed E-state index contributed by atoms with van der Waals surface area (Å²) in [6.45, 7) is 1.17. The van der Waals surface area contributed by atoms with Gasteiger partial charge in [-0.3, -0.25) is 9.97 Å².